The first-order valence-corrected chi connectivity index (χ1v) is 10.2. The van der Waals surface area contributed by atoms with Gasteiger partial charge >= 0.3 is 0 Å². The molecule has 2 unspecified atom stereocenters. The number of aryl methyl sites for hydroxylation is 1. The third-order valence-electron chi connectivity index (χ3n) is 4.47. The molecule has 8 heteroatoms. The van der Waals surface area contributed by atoms with Gasteiger partial charge in [-0.3, -0.25) is 4.79 Å². The Kier molecular flexibility index (Phi) is 4.26. The van der Waals surface area contributed by atoms with E-state index in [0.717, 1.165) is 23.5 Å². The molecule has 122 valence electrons. The van der Waals surface area contributed by atoms with Crippen LogP contribution in [0.3, 0.4) is 0 Å². The van der Waals surface area contributed by atoms with E-state index < -0.39 is 10.0 Å². The van der Waals surface area contributed by atoms with Crippen molar-refractivity contribution in [1.29, 1.82) is 0 Å². The fraction of sp³-hybridized carbons (Fsp3) is 0.714. The summed E-state index contributed by atoms with van der Waals surface area (Å²) in [7, 11) is -3.20. The van der Waals surface area contributed by atoms with E-state index in [1.165, 1.54) is 10.6 Å². The fourth-order valence-electron chi connectivity index (χ4n) is 3.36. The van der Waals surface area contributed by atoms with E-state index in [1.807, 2.05) is 17.2 Å². The van der Waals surface area contributed by atoms with Crippen LogP contribution in [-0.4, -0.2) is 60.4 Å². The minimum absolute atomic E-state index is 0.000655. The Morgan fingerprint density at radius 1 is 1.36 bits per heavy atom. The van der Waals surface area contributed by atoms with Crippen molar-refractivity contribution in [2.24, 2.45) is 5.92 Å². The third kappa shape index (κ3) is 3.33. The highest BCUT2D eigenvalue weighted by atomic mass is 32.2. The minimum Gasteiger partial charge on any atom is -0.338 e. The van der Waals surface area contributed by atoms with Crippen LogP contribution in [0, 0.1) is 12.8 Å². The first-order valence-electron chi connectivity index (χ1n) is 7.48. The number of rotatable bonds is 3. The molecule has 2 atom stereocenters. The second-order valence-corrected chi connectivity index (χ2v) is 9.30. The smallest absolute Gasteiger partial charge is 0.228 e. The molecule has 22 heavy (non-hydrogen) atoms. The SMILES string of the molecule is Cc1nc(CC(=O)N2CC3CCC2CN(S(C)(=O)=O)C3)cs1. The molecule has 3 aliphatic rings. The topological polar surface area (TPSA) is 70.6 Å². The van der Waals surface area contributed by atoms with Gasteiger partial charge in [-0.25, -0.2) is 13.4 Å². The number of sulfonamides is 1. The third-order valence-corrected chi connectivity index (χ3v) is 6.53. The number of hydrogen-bond donors (Lipinski definition) is 0. The van der Waals surface area contributed by atoms with Crippen LogP contribution in [-0.2, 0) is 21.2 Å². The molecular formula is C14H21N3O3S2. The van der Waals surface area contributed by atoms with Gasteiger partial charge in [-0.05, 0) is 25.7 Å². The highest BCUT2D eigenvalue weighted by Gasteiger charge is 2.39. The molecule has 0 aromatic carbocycles. The van der Waals surface area contributed by atoms with Crippen LogP contribution in [0.15, 0.2) is 5.38 Å². The number of carbonyl (C=O) groups excluding carboxylic acids is 1. The lowest BCUT2D eigenvalue weighted by Gasteiger charge is -2.36. The van der Waals surface area contributed by atoms with Gasteiger partial charge in [0.15, 0.2) is 0 Å². The molecule has 0 saturated carbocycles. The molecule has 4 rings (SSSR count). The fourth-order valence-corrected chi connectivity index (χ4v) is 4.90. The molecule has 6 nitrogen and oxygen atoms in total. The number of fused-ring (bicyclic) bond motifs is 4. The summed E-state index contributed by atoms with van der Waals surface area (Å²) in [4.78, 5) is 18.8. The molecule has 0 radical (unpaired) electrons. The van der Waals surface area contributed by atoms with Gasteiger partial charge < -0.3 is 4.90 Å². The van der Waals surface area contributed by atoms with Crippen LogP contribution in [0.4, 0.5) is 0 Å². The Balaban J connectivity index is 1.74. The maximum Gasteiger partial charge on any atom is 0.228 e. The van der Waals surface area contributed by atoms with Crippen molar-refractivity contribution in [3.8, 4) is 0 Å². The van der Waals surface area contributed by atoms with Crippen molar-refractivity contribution in [1.82, 2.24) is 14.2 Å². The quantitative estimate of drug-likeness (QED) is 0.817. The zero-order chi connectivity index (χ0) is 15.9. The average Bonchev–Trinajstić information content (AvgIpc) is 2.66. The normalized spacial score (nSPS) is 26.2. The summed E-state index contributed by atoms with van der Waals surface area (Å²) in [6, 6.07) is 0.000655. The van der Waals surface area contributed by atoms with Crippen molar-refractivity contribution in [2.75, 3.05) is 25.9 Å². The van der Waals surface area contributed by atoms with Gasteiger partial charge in [0.1, 0.15) is 0 Å². The van der Waals surface area contributed by atoms with Gasteiger partial charge in [-0.1, -0.05) is 0 Å². The zero-order valence-electron chi connectivity index (χ0n) is 12.9. The molecule has 2 bridgehead atoms. The first-order chi connectivity index (χ1) is 10.3. The average molecular weight is 343 g/mol. The molecule has 0 spiro atoms. The van der Waals surface area contributed by atoms with E-state index in [1.54, 1.807) is 11.3 Å². The van der Waals surface area contributed by atoms with Gasteiger partial charge in [-0.15, -0.1) is 11.3 Å². The van der Waals surface area contributed by atoms with E-state index in [4.69, 9.17) is 0 Å². The standard InChI is InChI=1S/C14H21N3O3S2/c1-10-15-12(9-21-10)5-14(18)17-7-11-3-4-13(17)8-16(6-11)22(2,19)20/h9,11,13H,3-8H2,1-2H3. The molecule has 4 heterocycles. The lowest BCUT2D eigenvalue weighted by molar-refractivity contribution is -0.134. The van der Waals surface area contributed by atoms with Crippen molar-refractivity contribution in [2.45, 2.75) is 32.2 Å². The van der Waals surface area contributed by atoms with Crippen LogP contribution in [0.2, 0.25) is 0 Å². The molecule has 1 aromatic rings. The number of amides is 1. The van der Waals surface area contributed by atoms with Gasteiger partial charge in [0.2, 0.25) is 15.9 Å². The molecule has 0 N–H and O–H groups in total. The summed E-state index contributed by atoms with van der Waals surface area (Å²) in [6.45, 7) is 3.56. The lowest BCUT2D eigenvalue weighted by atomic mass is 9.94. The number of piperidine rings is 1. The second-order valence-electron chi connectivity index (χ2n) is 6.26. The molecule has 0 aliphatic carbocycles. The van der Waals surface area contributed by atoms with E-state index in [0.29, 0.717) is 26.1 Å². The summed E-state index contributed by atoms with van der Waals surface area (Å²) < 4.78 is 25.2. The first kappa shape index (κ1) is 15.9. The zero-order valence-corrected chi connectivity index (χ0v) is 14.5. The van der Waals surface area contributed by atoms with Crippen molar-refractivity contribution in [3.05, 3.63) is 16.1 Å². The molecule has 3 aliphatic heterocycles. The largest absolute Gasteiger partial charge is 0.338 e. The molecule has 3 saturated heterocycles. The Labute approximate surface area is 135 Å². The predicted molar refractivity (Wildman–Crippen MR) is 85.2 cm³/mol. The molecular weight excluding hydrogens is 322 g/mol. The van der Waals surface area contributed by atoms with E-state index >= 15 is 0 Å². The molecule has 1 amide bonds. The Bertz CT molecular complexity index is 671. The number of carbonyl (C=O) groups is 1. The van der Waals surface area contributed by atoms with Crippen LogP contribution < -0.4 is 0 Å². The van der Waals surface area contributed by atoms with E-state index in [2.05, 4.69) is 4.98 Å². The van der Waals surface area contributed by atoms with Gasteiger partial charge in [0, 0.05) is 31.1 Å². The number of nitrogens with zero attached hydrogens (tertiary/aromatic N) is 3. The van der Waals surface area contributed by atoms with Crippen molar-refractivity contribution in [3.63, 3.8) is 0 Å². The van der Waals surface area contributed by atoms with E-state index in [9.17, 15) is 13.2 Å². The van der Waals surface area contributed by atoms with Gasteiger partial charge in [0.25, 0.3) is 0 Å². The summed E-state index contributed by atoms with van der Waals surface area (Å²) in [5, 5.41) is 2.88. The van der Waals surface area contributed by atoms with Crippen molar-refractivity contribution < 1.29 is 13.2 Å². The van der Waals surface area contributed by atoms with E-state index in [-0.39, 0.29) is 17.9 Å². The maximum atomic E-state index is 12.6. The number of aromatic nitrogens is 1. The summed E-state index contributed by atoms with van der Waals surface area (Å²) >= 11 is 1.55. The monoisotopic (exact) mass is 343 g/mol. The second kappa shape index (κ2) is 5.90. The van der Waals surface area contributed by atoms with Crippen molar-refractivity contribution >= 4 is 27.3 Å². The van der Waals surface area contributed by atoms with Crippen LogP contribution >= 0.6 is 11.3 Å². The predicted octanol–water partition coefficient (Wildman–Crippen LogP) is 0.876. The van der Waals surface area contributed by atoms with Crippen LogP contribution in [0.25, 0.3) is 0 Å². The summed E-state index contributed by atoms with van der Waals surface area (Å²) in [5.74, 6) is 0.310. The van der Waals surface area contributed by atoms with Gasteiger partial charge in [-0.2, -0.15) is 4.31 Å². The van der Waals surface area contributed by atoms with Crippen LogP contribution in [0.1, 0.15) is 23.5 Å². The Morgan fingerprint density at radius 3 is 2.77 bits per heavy atom. The summed E-state index contributed by atoms with van der Waals surface area (Å²) in [5.41, 5.74) is 0.813. The number of hydrogen-bond acceptors (Lipinski definition) is 5. The Hall–Kier alpha value is -0.990. The molecule has 1 aromatic heterocycles. The highest BCUT2D eigenvalue weighted by molar-refractivity contribution is 7.88. The maximum absolute atomic E-state index is 12.6. The summed E-state index contributed by atoms with van der Waals surface area (Å²) in [6.07, 6.45) is 3.45. The Morgan fingerprint density at radius 2 is 2.14 bits per heavy atom. The van der Waals surface area contributed by atoms with Gasteiger partial charge in [0.05, 0.1) is 23.4 Å². The minimum atomic E-state index is -3.20. The van der Waals surface area contributed by atoms with Crippen LogP contribution in [0.5, 0.6) is 0 Å². The number of thiazole rings is 1. The highest BCUT2D eigenvalue weighted by Crippen LogP contribution is 2.29. The molecule has 3 fully saturated rings. The lowest BCUT2D eigenvalue weighted by Crippen LogP contribution is -2.48.